The van der Waals surface area contributed by atoms with Crippen molar-refractivity contribution in [3.05, 3.63) is 35.4 Å². The second-order valence-corrected chi connectivity index (χ2v) is 4.95. The van der Waals surface area contributed by atoms with E-state index in [1.165, 1.54) is 37.7 Å². The number of nitrogens with zero attached hydrogens (tertiary/aromatic N) is 1. The molecule has 0 radical (unpaired) electrons. The zero-order valence-electron chi connectivity index (χ0n) is 11.1. The van der Waals surface area contributed by atoms with Crippen LogP contribution in [0.15, 0.2) is 24.3 Å². The van der Waals surface area contributed by atoms with Gasteiger partial charge in [0.05, 0.1) is 11.6 Å². The average molecular weight is 229 g/mol. The van der Waals surface area contributed by atoms with Gasteiger partial charge in [0, 0.05) is 0 Å². The lowest BCUT2D eigenvalue weighted by Crippen LogP contribution is -1.97. The fraction of sp³-hybridized carbons (Fsp3) is 0.562. The molecule has 92 valence electrons. The minimum absolute atomic E-state index is 0.754. The first kappa shape index (κ1) is 13.8. The van der Waals surface area contributed by atoms with Crippen molar-refractivity contribution in [2.24, 2.45) is 5.92 Å². The normalized spacial score (nSPS) is 12.1. The van der Waals surface area contributed by atoms with Crippen LogP contribution < -0.4 is 0 Å². The van der Waals surface area contributed by atoms with Gasteiger partial charge in [-0.3, -0.25) is 0 Å². The van der Waals surface area contributed by atoms with Gasteiger partial charge in [-0.2, -0.15) is 5.26 Å². The monoisotopic (exact) mass is 229 g/mol. The molecule has 1 unspecified atom stereocenters. The van der Waals surface area contributed by atoms with Gasteiger partial charge in [0.1, 0.15) is 0 Å². The Labute approximate surface area is 105 Å². The SMILES string of the molecule is CCCCCC(C)CCc1ccc(C#N)cc1. The minimum Gasteiger partial charge on any atom is -0.192 e. The molecule has 0 aliphatic carbocycles. The Bertz CT molecular complexity index is 345. The van der Waals surface area contributed by atoms with Gasteiger partial charge in [-0.25, -0.2) is 0 Å². The molecule has 0 aliphatic rings. The zero-order valence-corrected chi connectivity index (χ0v) is 11.1. The predicted octanol–water partition coefficient (Wildman–Crippen LogP) is 4.71. The lowest BCUT2D eigenvalue weighted by molar-refractivity contribution is 0.464. The van der Waals surface area contributed by atoms with Crippen LogP contribution in [0.25, 0.3) is 0 Å². The highest BCUT2D eigenvalue weighted by Gasteiger charge is 2.02. The van der Waals surface area contributed by atoms with Gasteiger partial charge in [0.2, 0.25) is 0 Å². The molecule has 0 saturated heterocycles. The number of hydrogen-bond donors (Lipinski definition) is 0. The van der Waals surface area contributed by atoms with Gasteiger partial charge in [0.25, 0.3) is 0 Å². The van der Waals surface area contributed by atoms with E-state index in [4.69, 9.17) is 5.26 Å². The van der Waals surface area contributed by atoms with Gasteiger partial charge >= 0.3 is 0 Å². The number of nitriles is 1. The summed E-state index contributed by atoms with van der Waals surface area (Å²) in [6, 6.07) is 10.1. The van der Waals surface area contributed by atoms with Crippen molar-refractivity contribution in [3.8, 4) is 6.07 Å². The van der Waals surface area contributed by atoms with Crippen LogP contribution in [0.3, 0.4) is 0 Å². The fourth-order valence-electron chi connectivity index (χ4n) is 2.05. The number of benzene rings is 1. The number of rotatable bonds is 7. The van der Waals surface area contributed by atoms with Gasteiger partial charge in [-0.15, -0.1) is 0 Å². The van der Waals surface area contributed by atoms with E-state index in [1.54, 1.807) is 0 Å². The summed E-state index contributed by atoms with van der Waals surface area (Å²) < 4.78 is 0. The summed E-state index contributed by atoms with van der Waals surface area (Å²) in [6.45, 7) is 4.60. The lowest BCUT2D eigenvalue weighted by Gasteiger charge is -2.10. The van der Waals surface area contributed by atoms with E-state index in [0.717, 1.165) is 17.9 Å². The first-order chi connectivity index (χ1) is 8.26. The molecule has 1 rings (SSSR count). The highest BCUT2D eigenvalue weighted by Crippen LogP contribution is 2.16. The van der Waals surface area contributed by atoms with Gasteiger partial charge in [-0.05, 0) is 36.5 Å². The first-order valence-electron chi connectivity index (χ1n) is 6.75. The molecular formula is C16H23N. The second kappa shape index (κ2) is 7.90. The van der Waals surface area contributed by atoms with Crippen LogP contribution in [0.2, 0.25) is 0 Å². The van der Waals surface area contributed by atoms with Crippen molar-refractivity contribution in [3.63, 3.8) is 0 Å². The molecule has 1 atom stereocenters. The minimum atomic E-state index is 0.754. The third-order valence-electron chi connectivity index (χ3n) is 3.31. The highest BCUT2D eigenvalue weighted by atomic mass is 14.2. The van der Waals surface area contributed by atoms with Crippen LogP contribution in [-0.2, 0) is 6.42 Å². The summed E-state index contributed by atoms with van der Waals surface area (Å²) in [5.74, 6) is 0.817. The summed E-state index contributed by atoms with van der Waals surface area (Å²) in [5, 5.41) is 8.72. The maximum atomic E-state index is 8.72. The first-order valence-corrected chi connectivity index (χ1v) is 6.75. The van der Waals surface area contributed by atoms with Crippen molar-refractivity contribution >= 4 is 0 Å². The van der Waals surface area contributed by atoms with E-state index in [2.05, 4.69) is 32.0 Å². The molecule has 0 heterocycles. The summed E-state index contributed by atoms with van der Waals surface area (Å²) in [4.78, 5) is 0. The van der Waals surface area contributed by atoms with Crippen molar-refractivity contribution in [1.82, 2.24) is 0 Å². The Balaban J connectivity index is 2.27. The van der Waals surface area contributed by atoms with E-state index >= 15 is 0 Å². The molecule has 1 aromatic rings. The summed E-state index contributed by atoms with van der Waals surface area (Å²) >= 11 is 0. The smallest absolute Gasteiger partial charge is 0.0991 e. The van der Waals surface area contributed by atoms with E-state index in [-0.39, 0.29) is 0 Å². The highest BCUT2D eigenvalue weighted by molar-refractivity contribution is 5.31. The molecular weight excluding hydrogens is 206 g/mol. The molecule has 0 N–H and O–H groups in total. The molecule has 0 fully saturated rings. The summed E-state index contributed by atoms with van der Waals surface area (Å²) in [7, 11) is 0. The van der Waals surface area contributed by atoms with Crippen LogP contribution in [0.4, 0.5) is 0 Å². The van der Waals surface area contributed by atoms with Crippen LogP contribution in [0.5, 0.6) is 0 Å². The average Bonchev–Trinajstić information content (AvgIpc) is 2.37. The van der Waals surface area contributed by atoms with Gasteiger partial charge in [0.15, 0.2) is 0 Å². The molecule has 0 bridgehead atoms. The molecule has 0 spiro atoms. The number of hydrogen-bond acceptors (Lipinski definition) is 1. The van der Waals surface area contributed by atoms with Crippen LogP contribution in [-0.4, -0.2) is 0 Å². The van der Waals surface area contributed by atoms with Crippen molar-refractivity contribution < 1.29 is 0 Å². The Hall–Kier alpha value is -1.29. The lowest BCUT2D eigenvalue weighted by atomic mass is 9.95. The quantitative estimate of drug-likeness (QED) is 0.621. The molecule has 0 aromatic heterocycles. The third kappa shape index (κ3) is 5.54. The molecule has 1 nitrogen and oxygen atoms in total. The summed E-state index contributed by atoms with van der Waals surface area (Å²) in [6.07, 6.45) is 7.79. The Kier molecular flexibility index (Phi) is 6.40. The Morgan fingerprint density at radius 3 is 2.41 bits per heavy atom. The molecule has 0 saturated carbocycles. The molecule has 17 heavy (non-hydrogen) atoms. The third-order valence-corrected chi connectivity index (χ3v) is 3.31. The topological polar surface area (TPSA) is 23.8 Å². The largest absolute Gasteiger partial charge is 0.192 e. The predicted molar refractivity (Wildman–Crippen MR) is 72.8 cm³/mol. The van der Waals surface area contributed by atoms with E-state index < -0.39 is 0 Å². The maximum absolute atomic E-state index is 8.72. The second-order valence-electron chi connectivity index (χ2n) is 4.95. The fourth-order valence-corrected chi connectivity index (χ4v) is 2.05. The molecule has 0 amide bonds. The van der Waals surface area contributed by atoms with Crippen molar-refractivity contribution in [2.45, 2.75) is 52.4 Å². The van der Waals surface area contributed by atoms with Gasteiger partial charge in [-0.1, -0.05) is 51.7 Å². The standard InChI is InChI=1S/C16H23N/c1-3-4-5-6-14(2)7-8-15-9-11-16(13-17)12-10-15/h9-12,14H,3-8H2,1-2H3. The number of aryl methyl sites for hydroxylation is 1. The van der Waals surface area contributed by atoms with Crippen LogP contribution >= 0.6 is 0 Å². The molecule has 1 aromatic carbocycles. The molecule has 1 heteroatoms. The van der Waals surface area contributed by atoms with E-state index in [9.17, 15) is 0 Å². The number of unbranched alkanes of at least 4 members (excludes halogenated alkanes) is 2. The Morgan fingerprint density at radius 2 is 1.82 bits per heavy atom. The van der Waals surface area contributed by atoms with E-state index in [0.29, 0.717) is 0 Å². The van der Waals surface area contributed by atoms with Crippen molar-refractivity contribution in [1.29, 1.82) is 5.26 Å². The van der Waals surface area contributed by atoms with Crippen LogP contribution in [0.1, 0.15) is 57.1 Å². The maximum Gasteiger partial charge on any atom is 0.0991 e. The summed E-state index contributed by atoms with van der Waals surface area (Å²) in [5.41, 5.74) is 2.11. The van der Waals surface area contributed by atoms with Crippen LogP contribution in [0, 0.1) is 17.2 Å². The molecule has 0 aliphatic heterocycles. The Morgan fingerprint density at radius 1 is 1.12 bits per heavy atom. The van der Waals surface area contributed by atoms with Gasteiger partial charge < -0.3 is 0 Å². The zero-order chi connectivity index (χ0) is 12.5. The van der Waals surface area contributed by atoms with Crippen molar-refractivity contribution in [2.75, 3.05) is 0 Å². The van der Waals surface area contributed by atoms with E-state index in [1.807, 2.05) is 12.1 Å².